The van der Waals surface area contributed by atoms with Crippen LogP contribution in [0.5, 0.6) is 0 Å². The number of H-pyrrole nitrogens is 1. The van der Waals surface area contributed by atoms with Crippen LogP contribution in [0.25, 0.3) is 0 Å². The van der Waals surface area contributed by atoms with E-state index in [1.807, 2.05) is 11.6 Å². The first-order chi connectivity index (χ1) is 10.7. The summed E-state index contributed by atoms with van der Waals surface area (Å²) >= 11 is 5.21. The quantitative estimate of drug-likeness (QED) is 0.672. The molecule has 1 aromatic rings. The molecule has 1 saturated carbocycles. The second-order valence-corrected chi connectivity index (χ2v) is 7.14. The Morgan fingerprint density at radius 2 is 1.91 bits per heavy atom. The average molecular weight is 322 g/mol. The molecule has 122 valence electrons. The molecule has 0 radical (unpaired) electrons. The first kappa shape index (κ1) is 15.7. The second kappa shape index (κ2) is 6.94. The van der Waals surface area contributed by atoms with Gasteiger partial charge in [-0.3, -0.25) is 9.89 Å². The van der Waals surface area contributed by atoms with Crippen LogP contribution < -0.4 is 0 Å². The van der Waals surface area contributed by atoms with Crippen LogP contribution in [-0.4, -0.2) is 38.7 Å². The molecule has 1 saturated heterocycles. The molecule has 2 aliphatic rings. The summed E-state index contributed by atoms with van der Waals surface area (Å²) in [6, 6.07) is 0. The number of hydrogen-bond donors (Lipinski definition) is 1. The van der Waals surface area contributed by atoms with Crippen LogP contribution in [0.2, 0.25) is 0 Å². The van der Waals surface area contributed by atoms with E-state index in [9.17, 15) is 4.79 Å². The third-order valence-electron chi connectivity index (χ3n) is 5.22. The predicted molar refractivity (Wildman–Crippen MR) is 88.1 cm³/mol. The number of carbonyl (C=O) groups excluding carboxylic acids is 1. The molecule has 2 heterocycles. The highest BCUT2D eigenvalue weighted by Crippen LogP contribution is 2.29. The molecule has 1 aromatic heterocycles. The maximum Gasteiger partial charge on any atom is 0.225 e. The van der Waals surface area contributed by atoms with E-state index >= 15 is 0 Å². The largest absolute Gasteiger partial charge is 0.342 e. The third kappa shape index (κ3) is 3.26. The molecule has 1 aliphatic heterocycles. The maximum absolute atomic E-state index is 12.8. The van der Waals surface area contributed by atoms with Crippen LogP contribution in [0.1, 0.15) is 63.1 Å². The summed E-state index contributed by atoms with van der Waals surface area (Å²) in [5.74, 6) is 1.93. The zero-order valence-corrected chi connectivity index (χ0v) is 14.2. The van der Waals surface area contributed by atoms with Gasteiger partial charge in [0, 0.05) is 32.0 Å². The first-order valence-electron chi connectivity index (χ1n) is 8.57. The number of aromatic amines is 1. The highest BCUT2D eigenvalue weighted by molar-refractivity contribution is 7.71. The van der Waals surface area contributed by atoms with E-state index in [1.54, 1.807) is 0 Å². The lowest BCUT2D eigenvalue weighted by Gasteiger charge is -2.34. The van der Waals surface area contributed by atoms with E-state index < -0.39 is 0 Å². The van der Waals surface area contributed by atoms with Crippen molar-refractivity contribution in [2.45, 2.75) is 57.3 Å². The van der Waals surface area contributed by atoms with Gasteiger partial charge in [-0.25, -0.2) is 0 Å². The lowest BCUT2D eigenvalue weighted by atomic mass is 9.93. The summed E-state index contributed by atoms with van der Waals surface area (Å²) in [5.41, 5.74) is 0. The van der Waals surface area contributed by atoms with Crippen molar-refractivity contribution in [3.63, 3.8) is 0 Å². The van der Waals surface area contributed by atoms with Gasteiger partial charge >= 0.3 is 0 Å². The molecule has 0 aromatic carbocycles. The zero-order chi connectivity index (χ0) is 15.5. The van der Waals surface area contributed by atoms with Crippen LogP contribution in [0.3, 0.4) is 0 Å². The number of aromatic nitrogens is 3. The normalized spacial score (nSPS) is 24.2. The summed E-state index contributed by atoms with van der Waals surface area (Å²) in [7, 11) is 1.95. The molecule has 1 unspecified atom stereocenters. The molecule has 0 bridgehead atoms. The molecule has 5 nitrogen and oxygen atoms in total. The molecule has 1 N–H and O–H groups in total. The predicted octanol–water partition coefficient (Wildman–Crippen LogP) is 3.15. The van der Waals surface area contributed by atoms with Gasteiger partial charge < -0.3 is 9.47 Å². The maximum atomic E-state index is 12.8. The van der Waals surface area contributed by atoms with Crippen molar-refractivity contribution in [2.75, 3.05) is 13.1 Å². The van der Waals surface area contributed by atoms with E-state index in [-0.39, 0.29) is 5.92 Å². The lowest BCUT2D eigenvalue weighted by Crippen LogP contribution is -2.42. The number of rotatable bonds is 2. The fourth-order valence-electron chi connectivity index (χ4n) is 3.90. The molecule has 6 heteroatoms. The molecule has 22 heavy (non-hydrogen) atoms. The van der Waals surface area contributed by atoms with Crippen molar-refractivity contribution in [3.8, 4) is 0 Å². The van der Waals surface area contributed by atoms with E-state index in [2.05, 4.69) is 15.1 Å². The Morgan fingerprint density at radius 3 is 2.55 bits per heavy atom. The Balaban J connectivity index is 1.68. The number of nitrogens with zero attached hydrogens (tertiary/aromatic N) is 3. The van der Waals surface area contributed by atoms with Crippen molar-refractivity contribution >= 4 is 18.1 Å². The third-order valence-corrected chi connectivity index (χ3v) is 5.58. The zero-order valence-electron chi connectivity index (χ0n) is 13.4. The lowest BCUT2D eigenvalue weighted by molar-refractivity contribution is -0.137. The van der Waals surface area contributed by atoms with Crippen molar-refractivity contribution < 1.29 is 4.79 Å². The van der Waals surface area contributed by atoms with Gasteiger partial charge in [0.05, 0.1) is 0 Å². The van der Waals surface area contributed by atoms with Gasteiger partial charge in [-0.15, -0.1) is 0 Å². The number of carbonyl (C=O) groups is 1. The SMILES string of the molecule is Cn1c(C2CCCN(C(=O)C3CCCCCC3)C2)n[nH]c1=S. The van der Waals surface area contributed by atoms with E-state index in [4.69, 9.17) is 12.2 Å². The number of amides is 1. The van der Waals surface area contributed by atoms with Gasteiger partial charge in [-0.1, -0.05) is 25.7 Å². The molecule has 3 rings (SSSR count). The molecule has 1 aliphatic carbocycles. The molecule has 0 spiro atoms. The minimum atomic E-state index is 0.253. The number of nitrogens with one attached hydrogen (secondary N) is 1. The second-order valence-electron chi connectivity index (χ2n) is 6.76. The first-order valence-corrected chi connectivity index (χ1v) is 8.97. The molecule has 2 fully saturated rings. The fourth-order valence-corrected chi connectivity index (χ4v) is 4.04. The number of piperidine rings is 1. The van der Waals surface area contributed by atoms with Crippen molar-refractivity contribution in [1.82, 2.24) is 19.7 Å². The van der Waals surface area contributed by atoms with Gasteiger partial charge in [0.15, 0.2) is 4.77 Å². The monoisotopic (exact) mass is 322 g/mol. The van der Waals surface area contributed by atoms with E-state index in [0.29, 0.717) is 16.6 Å². The highest BCUT2D eigenvalue weighted by atomic mass is 32.1. The minimum absolute atomic E-state index is 0.253. The molecule has 1 amide bonds. The smallest absolute Gasteiger partial charge is 0.225 e. The fraction of sp³-hybridized carbons (Fsp3) is 0.812. The number of hydrogen-bond acceptors (Lipinski definition) is 3. The Kier molecular flexibility index (Phi) is 4.96. The highest BCUT2D eigenvalue weighted by Gasteiger charge is 2.31. The van der Waals surface area contributed by atoms with Crippen LogP contribution in [-0.2, 0) is 11.8 Å². The summed E-state index contributed by atoms with van der Waals surface area (Å²) in [5, 5.41) is 7.23. The average Bonchev–Trinajstić information content (AvgIpc) is 2.75. The van der Waals surface area contributed by atoms with Crippen molar-refractivity contribution in [3.05, 3.63) is 10.6 Å². The van der Waals surface area contributed by atoms with Crippen LogP contribution in [0.4, 0.5) is 0 Å². The Labute approximate surface area is 137 Å². The van der Waals surface area contributed by atoms with E-state index in [0.717, 1.165) is 44.6 Å². The molecule has 1 atom stereocenters. The van der Waals surface area contributed by atoms with Crippen LogP contribution >= 0.6 is 12.2 Å². The summed E-state index contributed by atoms with van der Waals surface area (Å²) in [4.78, 5) is 14.9. The van der Waals surface area contributed by atoms with Gasteiger partial charge in [-0.05, 0) is 37.9 Å². The number of likely N-dealkylation sites (tertiary alicyclic amines) is 1. The summed E-state index contributed by atoms with van der Waals surface area (Å²) in [6.45, 7) is 1.70. The molecular weight excluding hydrogens is 296 g/mol. The standard InChI is InChI=1S/C16H26N4OS/c1-19-14(17-18-16(19)22)13-9-6-10-20(11-13)15(21)12-7-4-2-3-5-8-12/h12-13H,2-11H2,1H3,(H,18,22). The Morgan fingerprint density at radius 1 is 1.18 bits per heavy atom. The minimum Gasteiger partial charge on any atom is -0.342 e. The van der Waals surface area contributed by atoms with Crippen LogP contribution in [0.15, 0.2) is 0 Å². The topological polar surface area (TPSA) is 53.9 Å². The van der Waals surface area contributed by atoms with E-state index in [1.165, 1.54) is 25.7 Å². The van der Waals surface area contributed by atoms with Gasteiger partial charge in [0.25, 0.3) is 0 Å². The Bertz CT molecular complexity index is 571. The Hall–Kier alpha value is -1.17. The van der Waals surface area contributed by atoms with Gasteiger partial charge in [0.1, 0.15) is 5.82 Å². The van der Waals surface area contributed by atoms with Gasteiger partial charge in [0.2, 0.25) is 5.91 Å². The van der Waals surface area contributed by atoms with Crippen molar-refractivity contribution in [2.24, 2.45) is 13.0 Å². The van der Waals surface area contributed by atoms with Gasteiger partial charge in [-0.2, -0.15) is 5.10 Å². The molecular formula is C16H26N4OS. The van der Waals surface area contributed by atoms with Crippen LogP contribution in [0, 0.1) is 10.7 Å². The summed E-state index contributed by atoms with van der Waals surface area (Å²) in [6.07, 6.45) is 9.29. The summed E-state index contributed by atoms with van der Waals surface area (Å²) < 4.78 is 2.60. The van der Waals surface area contributed by atoms with Crippen molar-refractivity contribution in [1.29, 1.82) is 0 Å².